The summed E-state index contributed by atoms with van der Waals surface area (Å²) in [5, 5.41) is 16.8. The standard InChI is InChI=1S/C27H40N4O3/c1-8-16(3)12-20-14-24(34-23(20)9-2)25-19(6)29-27(28-10-11-33-7)31-26(25)30-22-13-21(15-32)17(4)18(22)5/h9,12,14,17-18,21-22,32H,2,8,10-11,13,15H2,1,3-7H3,(H2,28,29,30,31). The average Bonchev–Trinajstić information content (AvgIpc) is 3.34. The third-order valence-electron chi connectivity index (χ3n) is 7.18. The molecule has 0 amide bonds. The van der Waals surface area contributed by atoms with Gasteiger partial charge in [-0.05, 0) is 56.6 Å². The second-order valence-corrected chi connectivity index (χ2v) is 9.40. The maximum atomic E-state index is 9.83. The van der Waals surface area contributed by atoms with Crippen molar-refractivity contribution in [3.05, 3.63) is 35.2 Å². The fourth-order valence-electron chi connectivity index (χ4n) is 4.66. The number of hydrogen-bond donors (Lipinski definition) is 3. The van der Waals surface area contributed by atoms with E-state index in [2.05, 4.69) is 51.0 Å². The number of ether oxygens (including phenoxy) is 1. The van der Waals surface area contributed by atoms with Gasteiger partial charge in [0.1, 0.15) is 17.3 Å². The van der Waals surface area contributed by atoms with E-state index in [9.17, 15) is 5.11 Å². The minimum atomic E-state index is 0.197. The van der Waals surface area contributed by atoms with E-state index in [4.69, 9.17) is 19.1 Å². The number of anilines is 2. The monoisotopic (exact) mass is 468 g/mol. The molecule has 186 valence electrons. The summed E-state index contributed by atoms with van der Waals surface area (Å²) in [5.41, 5.74) is 3.94. The van der Waals surface area contributed by atoms with E-state index >= 15 is 0 Å². The zero-order valence-electron chi connectivity index (χ0n) is 21.4. The third-order valence-corrected chi connectivity index (χ3v) is 7.18. The summed E-state index contributed by atoms with van der Waals surface area (Å²) in [4.78, 5) is 9.55. The highest BCUT2D eigenvalue weighted by atomic mass is 16.5. The summed E-state index contributed by atoms with van der Waals surface area (Å²) in [6.07, 6.45) is 5.75. The number of nitrogens with one attached hydrogen (secondary N) is 2. The summed E-state index contributed by atoms with van der Waals surface area (Å²) < 4.78 is 11.4. The number of aryl methyl sites for hydroxylation is 1. The highest BCUT2D eigenvalue weighted by Gasteiger charge is 2.38. The Morgan fingerprint density at radius 3 is 2.71 bits per heavy atom. The van der Waals surface area contributed by atoms with Crippen molar-refractivity contribution in [2.75, 3.05) is 37.5 Å². The summed E-state index contributed by atoms with van der Waals surface area (Å²) in [6, 6.07) is 2.24. The Kier molecular flexibility index (Phi) is 8.91. The topological polar surface area (TPSA) is 92.4 Å². The Morgan fingerprint density at radius 1 is 1.32 bits per heavy atom. The minimum Gasteiger partial charge on any atom is -0.456 e. The number of aliphatic hydroxyl groups excluding tert-OH is 1. The summed E-state index contributed by atoms with van der Waals surface area (Å²) in [5.74, 6) is 3.85. The van der Waals surface area contributed by atoms with Crippen LogP contribution in [0.2, 0.25) is 0 Å². The molecule has 4 unspecified atom stereocenters. The van der Waals surface area contributed by atoms with Gasteiger partial charge in [-0.25, -0.2) is 4.98 Å². The Balaban J connectivity index is 2.05. The molecule has 1 aliphatic carbocycles. The molecule has 0 aromatic carbocycles. The van der Waals surface area contributed by atoms with Crippen molar-refractivity contribution in [2.24, 2.45) is 17.8 Å². The predicted molar refractivity (Wildman–Crippen MR) is 140 cm³/mol. The lowest BCUT2D eigenvalue weighted by atomic mass is 9.92. The zero-order valence-corrected chi connectivity index (χ0v) is 21.4. The fraction of sp³-hybridized carbons (Fsp3) is 0.556. The molecule has 2 heterocycles. The SMILES string of the molecule is C=Cc1oc(-c2c(C)nc(NCCOC)nc2NC2CC(CO)C(C)C2C)cc1C=C(C)CC. The summed E-state index contributed by atoms with van der Waals surface area (Å²) in [7, 11) is 1.67. The molecular formula is C27H40N4O3. The van der Waals surface area contributed by atoms with Crippen LogP contribution in [0.5, 0.6) is 0 Å². The number of aromatic nitrogens is 2. The molecule has 0 spiro atoms. The Labute approximate surface area is 203 Å². The van der Waals surface area contributed by atoms with E-state index in [-0.39, 0.29) is 18.6 Å². The van der Waals surface area contributed by atoms with Crippen LogP contribution in [0.15, 0.2) is 22.6 Å². The molecule has 2 aromatic heterocycles. The number of rotatable bonds is 11. The van der Waals surface area contributed by atoms with Crippen molar-refractivity contribution in [2.45, 2.75) is 53.5 Å². The molecule has 0 bridgehead atoms. The van der Waals surface area contributed by atoms with Crippen LogP contribution in [0, 0.1) is 24.7 Å². The number of furan rings is 1. The molecule has 4 atom stereocenters. The number of nitrogens with zero attached hydrogens (tertiary/aromatic N) is 2. The molecule has 0 aliphatic heterocycles. The number of methoxy groups -OCH3 is 1. The average molecular weight is 469 g/mol. The number of hydrogen-bond acceptors (Lipinski definition) is 7. The van der Waals surface area contributed by atoms with Crippen LogP contribution in [0.4, 0.5) is 11.8 Å². The van der Waals surface area contributed by atoms with Crippen molar-refractivity contribution in [3.63, 3.8) is 0 Å². The molecule has 1 fully saturated rings. The van der Waals surface area contributed by atoms with E-state index in [0.29, 0.717) is 36.7 Å². The van der Waals surface area contributed by atoms with Gasteiger partial charge in [0.15, 0.2) is 0 Å². The van der Waals surface area contributed by atoms with Crippen molar-refractivity contribution < 1.29 is 14.3 Å². The largest absolute Gasteiger partial charge is 0.456 e. The van der Waals surface area contributed by atoms with Crippen molar-refractivity contribution in [1.29, 1.82) is 0 Å². The van der Waals surface area contributed by atoms with Gasteiger partial charge in [-0.2, -0.15) is 4.98 Å². The molecule has 3 rings (SSSR count). The highest BCUT2D eigenvalue weighted by Crippen LogP contribution is 2.40. The van der Waals surface area contributed by atoms with Crippen LogP contribution in [0.25, 0.3) is 23.5 Å². The van der Waals surface area contributed by atoms with Gasteiger partial charge in [0.25, 0.3) is 0 Å². The van der Waals surface area contributed by atoms with Gasteiger partial charge in [-0.3, -0.25) is 0 Å². The molecule has 0 radical (unpaired) electrons. The van der Waals surface area contributed by atoms with Crippen molar-refractivity contribution >= 4 is 23.9 Å². The van der Waals surface area contributed by atoms with Crippen molar-refractivity contribution in [3.8, 4) is 11.3 Å². The highest BCUT2D eigenvalue weighted by molar-refractivity contribution is 5.78. The lowest BCUT2D eigenvalue weighted by Gasteiger charge is -2.22. The fourth-order valence-corrected chi connectivity index (χ4v) is 4.66. The third kappa shape index (κ3) is 5.70. The molecule has 3 N–H and O–H groups in total. The van der Waals surface area contributed by atoms with Crippen LogP contribution >= 0.6 is 0 Å². The molecule has 0 saturated heterocycles. The minimum absolute atomic E-state index is 0.197. The quantitative estimate of drug-likeness (QED) is 0.368. The molecule has 7 nitrogen and oxygen atoms in total. The van der Waals surface area contributed by atoms with E-state index in [1.165, 1.54) is 5.57 Å². The lowest BCUT2D eigenvalue weighted by Crippen LogP contribution is -2.25. The van der Waals surface area contributed by atoms with Crippen LogP contribution in [0.1, 0.15) is 57.6 Å². The summed E-state index contributed by atoms with van der Waals surface area (Å²) in [6.45, 7) is 16.0. The van der Waals surface area contributed by atoms with Gasteiger partial charge in [0, 0.05) is 31.9 Å². The van der Waals surface area contributed by atoms with Gasteiger partial charge < -0.3 is 24.9 Å². The Bertz CT molecular complexity index is 1010. The van der Waals surface area contributed by atoms with E-state index < -0.39 is 0 Å². The second kappa shape index (κ2) is 11.7. The second-order valence-electron chi connectivity index (χ2n) is 9.40. The van der Waals surface area contributed by atoms with Gasteiger partial charge in [0.2, 0.25) is 5.95 Å². The first kappa shape index (κ1) is 26.0. The Hall–Kier alpha value is -2.64. The van der Waals surface area contributed by atoms with Crippen LogP contribution in [0.3, 0.4) is 0 Å². The molecular weight excluding hydrogens is 428 g/mol. The van der Waals surface area contributed by atoms with Gasteiger partial charge in [-0.1, -0.05) is 39.0 Å². The first-order valence-corrected chi connectivity index (χ1v) is 12.2. The predicted octanol–water partition coefficient (Wildman–Crippen LogP) is 5.62. The lowest BCUT2D eigenvalue weighted by molar-refractivity contribution is 0.191. The van der Waals surface area contributed by atoms with Gasteiger partial charge in [-0.15, -0.1) is 0 Å². The molecule has 7 heteroatoms. The molecule has 34 heavy (non-hydrogen) atoms. The maximum absolute atomic E-state index is 9.83. The van der Waals surface area contributed by atoms with E-state index in [1.54, 1.807) is 13.2 Å². The van der Waals surface area contributed by atoms with Gasteiger partial charge >= 0.3 is 0 Å². The molecule has 1 aliphatic rings. The maximum Gasteiger partial charge on any atom is 0.224 e. The number of aliphatic hydroxyl groups is 1. The smallest absolute Gasteiger partial charge is 0.224 e. The normalized spacial score (nSPS) is 22.7. The van der Waals surface area contributed by atoms with E-state index in [1.807, 2.05) is 13.0 Å². The van der Waals surface area contributed by atoms with Crippen LogP contribution in [-0.2, 0) is 4.74 Å². The van der Waals surface area contributed by atoms with Crippen LogP contribution in [-0.4, -0.2) is 48.0 Å². The van der Waals surface area contributed by atoms with Gasteiger partial charge in [0.05, 0.1) is 17.9 Å². The Morgan fingerprint density at radius 2 is 2.09 bits per heavy atom. The number of allylic oxidation sites excluding steroid dienone is 1. The molecule has 1 saturated carbocycles. The van der Waals surface area contributed by atoms with Crippen molar-refractivity contribution in [1.82, 2.24) is 9.97 Å². The van der Waals surface area contributed by atoms with E-state index in [0.717, 1.165) is 41.2 Å². The van der Waals surface area contributed by atoms with Crippen LogP contribution < -0.4 is 10.6 Å². The first-order valence-electron chi connectivity index (χ1n) is 12.2. The summed E-state index contributed by atoms with van der Waals surface area (Å²) >= 11 is 0. The molecule has 2 aromatic rings. The first-order chi connectivity index (χ1) is 16.3. The zero-order chi connectivity index (χ0) is 24.8.